The standard InChI is InChI=1S/C10H17N3O/c1-9-10(14-8-12-9)2-5-13-6-3-11-4-7-13/h8,11H,2-7H2,1H3. The van der Waals surface area contributed by atoms with E-state index in [-0.39, 0.29) is 0 Å². The number of aromatic nitrogens is 1. The Morgan fingerprint density at radius 2 is 2.29 bits per heavy atom. The third-order valence-electron chi connectivity index (χ3n) is 2.71. The highest BCUT2D eigenvalue weighted by Gasteiger charge is 2.11. The van der Waals surface area contributed by atoms with Gasteiger partial charge < -0.3 is 14.6 Å². The van der Waals surface area contributed by atoms with E-state index in [1.165, 1.54) is 6.39 Å². The summed E-state index contributed by atoms with van der Waals surface area (Å²) in [6.07, 6.45) is 2.51. The summed E-state index contributed by atoms with van der Waals surface area (Å²) >= 11 is 0. The molecule has 0 amide bonds. The lowest BCUT2D eigenvalue weighted by Gasteiger charge is -2.26. The lowest BCUT2D eigenvalue weighted by Crippen LogP contribution is -2.44. The molecule has 0 bridgehead atoms. The molecule has 1 N–H and O–H groups in total. The molecule has 4 heteroatoms. The van der Waals surface area contributed by atoms with Crippen LogP contribution in [0.1, 0.15) is 11.5 Å². The van der Waals surface area contributed by atoms with Crippen LogP contribution >= 0.6 is 0 Å². The Morgan fingerprint density at radius 3 is 2.93 bits per heavy atom. The van der Waals surface area contributed by atoms with Crippen molar-refractivity contribution in [3.8, 4) is 0 Å². The van der Waals surface area contributed by atoms with Gasteiger partial charge in [0.25, 0.3) is 0 Å². The zero-order valence-electron chi connectivity index (χ0n) is 8.62. The molecule has 0 aromatic carbocycles. The summed E-state index contributed by atoms with van der Waals surface area (Å²) in [5.41, 5.74) is 1.03. The number of aryl methyl sites for hydroxylation is 1. The van der Waals surface area contributed by atoms with Crippen LogP contribution in [0.5, 0.6) is 0 Å². The molecule has 1 aliphatic rings. The molecule has 2 rings (SSSR count). The van der Waals surface area contributed by atoms with Crippen molar-refractivity contribution in [2.45, 2.75) is 13.3 Å². The van der Waals surface area contributed by atoms with Gasteiger partial charge in [-0.25, -0.2) is 4.98 Å². The maximum absolute atomic E-state index is 5.30. The Morgan fingerprint density at radius 1 is 1.50 bits per heavy atom. The molecule has 1 saturated heterocycles. The van der Waals surface area contributed by atoms with Crippen molar-refractivity contribution in [1.29, 1.82) is 0 Å². The zero-order chi connectivity index (χ0) is 9.80. The van der Waals surface area contributed by atoms with Crippen LogP contribution in [0.3, 0.4) is 0 Å². The quantitative estimate of drug-likeness (QED) is 0.759. The first-order valence-electron chi connectivity index (χ1n) is 5.18. The number of nitrogens with zero attached hydrogens (tertiary/aromatic N) is 2. The second-order valence-electron chi connectivity index (χ2n) is 3.70. The predicted octanol–water partition coefficient (Wildman–Crippen LogP) is 0.431. The van der Waals surface area contributed by atoms with Crippen molar-refractivity contribution in [2.24, 2.45) is 0 Å². The van der Waals surface area contributed by atoms with Gasteiger partial charge in [-0.2, -0.15) is 0 Å². The van der Waals surface area contributed by atoms with E-state index in [0.29, 0.717) is 0 Å². The number of hydrogen-bond acceptors (Lipinski definition) is 4. The second kappa shape index (κ2) is 4.57. The van der Waals surface area contributed by atoms with E-state index < -0.39 is 0 Å². The Labute approximate surface area is 84.3 Å². The Balaban J connectivity index is 1.79. The third-order valence-corrected chi connectivity index (χ3v) is 2.71. The van der Waals surface area contributed by atoms with Gasteiger partial charge in [0.1, 0.15) is 5.76 Å². The van der Waals surface area contributed by atoms with Gasteiger partial charge in [-0.1, -0.05) is 0 Å². The number of hydrogen-bond donors (Lipinski definition) is 1. The molecule has 1 aliphatic heterocycles. The molecule has 0 aliphatic carbocycles. The predicted molar refractivity (Wildman–Crippen MR) is 54.3 cm³/mol. The number of nitrogens with one attached hydrogen (secondary N) is 1. The van der Waals surface area contributed by atoms with E-state index in [1.54, 1.807) is 0 Å². The summed E-state index contributed by atoms with van der Waals surface area (Å²) in [4.78, 5) is 6.54. The first kappa shape index (κ1) is 9.68. The summed E-state index contributed by atoms with van der Waals surface area (Å²) in [5, 5.41) is 3.34. The van der Waals surface area contributed by atoms with Crippen LogP contribution in [-0.4, -0.2) is 42.6 Å². The van der Waals surface area contributed by atoms with Crippen molar-refractivity contribution < 1.29 is 4.42 Å². The fourth-order valence-electron chi connectivity index (χ4n) is 1.76. The first-order chi connectivity index (χ1) is 6.86. The molecule has 1 aromatic rings. The minimum atomic E-state index is 0.978. The van der Waals surface area contributed by atoms with Gasteiger partial charge in [0.05, 0.1) is 5.69 Å². The molecule has 1 fully saturated rings. The van der Waals surface area contributed by atoms with Gasteiger partial charge in [-0.3, -0.25) is 0 Å². The van der Waals surface area contributed by atoms with Gasteiger partial charge in [-0.05, 0) is 6.92 Å². The minimum Gasteiger partial charge on any atom is -0.448 e. The lowest BCUT2D eigenvalue weighted by atomic mass is 10.2. The molecule has 2 heterocycles. The molecule has 78 valence electrons. The highest BCUT2D eigenvalue weighted by Crippen LogP contribution is 2.06. The molecular weight excluding hydrogens is 178 g/mol. The molecular formula is C10H17N3O. The molecule has 1 aromatic heterocycles. The summed E-state index contributed by atoms with van der Waals surface area (Å²) < 4.78 is 5.30. The van der Waals surface area contributed by atoms with Crippen molar-refractivity contribution in [3.63, 3.8) is 0 Å². The maximum Gasteiger partial charge on any atom is 0.181 e. The molecule has 0 radical (unpaired) electrons. The number of oxazole rings is 1. The lowest BCUT2D eigenvalue weighted by molar-refractivity contribution is 0.239. The second-order valence-corrected chi connectivity index (χ2v) is 3.70. The highest BCUT2D eigenvalue weighted by molar-refractivity contribution is 5.04. The third kappa shape index (κ3) is 2.33. The topological polar surface area (TPSA) is 41.3 Å². The summed E-state index contributed by atoms with van der Waals surface area (Å²) in [5.74, 6) is 1.03. The van der Waals surface area contributed by atoms with Gasteiger partial charge in [-0.15, -0.1) is 0 Å². The van der Waals surface area contributed by atoms with Crippen LogP contribution in [0, 0.1) is 6.92 Å². The van der Waals surface area contributed by atoms with E-state index in [2.05, 4.69) is 15.2 Å². The van der Waals surface area contributed by atoms with Crippen LogP contribution in [0.15, 0.2) is 10.8 Å². The summed E-state index contributed by atoms with van der Waals surface area (Å²) in [7, 11) is 0. The molecule has 0 spiro atoms. The van der Waals surface area contributed by atoms with Crippen LogP contribution < -0.4 is 5.32 Å². The zero-order valence-corrected chi connectivity index (χ0v) is 8.62. The number of piperazine rings is 1. The van der Waals surface area contributed by atoms with Crippen LogP contribution in [0.2, 0.25) is 0 Å². The Kier molecular flexibility index (Phi) is 3.16. The first-order valence-corrected chi connectivity index (χ1v) is 5.18. The number of rotatable bonds is 3. The van der Waals surface area contributed by atoms with Gasteiger partial charge >= 0.3 is 0 Å². The van der Waals surface area contributed by atoms with Crippen LogP contribution in [0.25, 0.3) is 0 Å². The molecule has 14 heavy (non-hydrogen) atoms. The Bertz CT molecular complexity index is 279. The SMILES string of the molecule is Cc1ncoc1CCN1CCNCC1. The fraction of sp³-hybridized carbons (Fsp3) is 0.700. The molecule has 0 unspecified atom stereocenters. The van der Waals surface area contributed by atoms with E-state index in [9.17, 15) is 0 Å². The van der Waals surface area contributed by atoms with Crippen molar-refractivity contribution in [1.82, 2.24) is 15.2 Å². The fourth-order valence-corrected chi connectivity index (χ4v) is 1.76. The van der Waals surface area contributed by atoms with Gasteiger partial charge in [0.2, 0.25) is 0 Å². The van der Waals surface area contributed by atoms with Crippen molar-refractivity contribution >= 4 is 0 Å². The molecule has 0 atom stereocenters. The summed E-state index contributed by atoms with van der Waals surface area (Å²) in [6, 6.07) is 0. The largest absolute Gasteiger partial charge is 0.448 e. The Hall–Kier alpha value is -0.870. The summed E-state index contributed by atoms with van der Waals surface area (Å²) in [6.45, 7) is 7.58. The molecule has 4 nitrogen and oxygen atoms in total. The monoisotopic (exact) mass is 195 g/mol. The van der Waals surface area contributed by atoms with E-state index >= 15 is 0 Å². The maximum atomic E-state index is 5.30. The normalized spacial score (nSPS) is 18.6. The van der Waals surface area contributed by atoms with Crippen LogP contribution in [-0.2, 0) is 6.42 Å². The highest BCUT2D eigenvalue weighted by atomic mass is 16.3. The van der Waals surface area contributed by atoms with Crippen LogP contribution in [0.4, 0.5) is 0 Å². The van der Waals surface area contributed by atoms with Crippen molar-refractivity contribution in [3.05, 3.63) is 17.8 Å². The van der Waals surface area contributed by atoms with E-state index in [1.807, 2.05) is 6.92 Å². The van der Waals surface area contributed by atoms with Gasteiger partial charge in [0.15, 0.2) is 6.39 Å². The average molecular weight is 195 g/mol. The van der Waals surface area contributed by atoms with Gasteiger partial charge in [0, 0.05) is 39.1 Å². The average Bonchev–Trinajstić information content (AvgIpc) is 2.63. The van der Waals surface area contributed by atoms with E-state index in [0.717, 1.165) is 50.6 Å². The molecule has 0 saturated carbocycles. The van der Waals surface area contributed by atoms with E-state index in [4.69, 9.17) is 4.42 Å². The minimum absolute atomic E-state index is 0.978. The smallest absolute Gasteiger partial charge is 0.181 e. The van der Waals surface area contributed by atoms with Crippen molar-refractivity contribution in [2.75, 3.05) is 32.7 Å².